The van der Waals surface area contributed by atoms with Crippen molar-refractivity contribution in [3.63, 3.8) is 0 Å². The molecule has 148 valence electrons. The highest BCUT2D eigenvalue weighted by atomic mass is 16.7. The number of piperazine rings is 1. The molecule has 28 heavy (non-hydrogen) atoms. The maximum absolute atomic E-state index is 12.9. The topological polar surface area (TPSA) is 68.4 Å². The molecule has 0 amide bonds. The minimum absolute atomic E-state index is 0.218. The summed E-state index contributed by atoms with van der Waals surface area (Å²) in [6.07, 6.45) is 2.43. The third kappa shape index (κ3) is 3.79. The molecule has 1 aromatic carbocycles. The number of para-hydroxylation sites is 1. The SMILES string of the molecule is Cc1nc2c(cnn2-c2ccccc2)c(=O)n1OCCCN1CCN(C)CC1. The molecule has 0 aliphatic carbocycles. The van der Waals surface area contributed by atoms with Crippen LogP contribution in [0.5, 0.6) is 0 Å². The fourth-order valence-electron chi connectivity index (χ4n) is 3.48. The Hall–Kier alpha value is -2.71. The van der Waals surface area contributed by atoms with E-state index in [4.69, 9.17) is 4.84 Å². The third-order valence-electron chi connectivity index (χ3n) is 5.16. The van der Waals surface area contributed by atoms with E-state index in [1.165, 1.54) is 4.73 Å². The van der Waals surface area contributed by atoms with Crippen LogP contribution in [0.4, 0.5) is 0 Å². The average molecular weight is 382 g/mol. The van der Waals surface area contributed by atoms with E-state index < -0.39 is 0 Å². The van der Waals surface area contributed by atoms with Gasteiger partial charge < -0.3 is 14.6 Å². The van der Waals surface area contributed by atoms with Crippen LogP contribution in [0.3, 0.4) is 0 Å². The van der Waals surface area contributed by atoms with E-state index in [-0.39, 0.29) is 5.56 Å². The number of fused-ring (bicyclic) bond motifs is 1. The normalized spacial score (nSPS) is 15.9. The van der Waals surface area contributed by atoms with Crippen molar-refractivity contribution in [2.45, 2.75) is 13.3 Å². The molecule has 0 unspecified atom stereocenters. The highest BCUT2D eigenvalue weighted by molar-refractivity contribution is 5.75. The first-order valence-corrected chi connectivity index (χ1v) is 9.70. The van der Waals surface area contributed by atoms with Crippen molar-refractivity contribution in [1.82, 2.24) is 29.3 Å². The maximum Gasteiger partial charge on any atom is 0.297 e. The predicted molar refractivity (Wildman–Crippen MR) is 108 cm³/mol. The molecule has 1 saturated heterocycles. The molecule has 4 rings (SSSR count). The van der Waals surface area contributed by atoms with E-state index in [0.717, 1.165) is 44.8 Å². The third-order valence-corrected chi connectivity index (χ3v) is 5.16. The zero-order valence-corrected chi connectivity index (χ0v) is 16.4. The summed E-state index contributed by atoms with van der Waals surface area (Å²) >= 11 is 0. The Kier molecular flexibility index (Phi) is 5.40. The molecule has 3 heterocycles. The summed E-state index contributed by atoms with van der Waals surface area (Å²) in [5.74, 6) is 0.523. The summed E-state index contributed by atoms with van der Waals surface area (Å²) in [4.78, 5) is 28.0. The zero-order valence-electron chi connectivity index (χ0n) is 16.4. The summed E-state index contributed by atoms with van der Waals surface area (Å²) in [7, 11) is 2.15. The van der Waals surface area contributed by atoms with E-state index in [2.05, 4.69) is 26.9 Å². The van der Waals surface area contributed by atoms with Crippen molar-refractivity contribution >= 4 is 11.0 Å². The molecule has 1 fully saturated rings. The van der Waals surface area contributed by atoms with Gasteiger partial charge in [0.25, 0.3) is 5.56 Å². The molecule has 0 N–H and O–H groups in total. The lowest BCUT2D eigenvalue weighted by molar-refractivity contribution is 0.0798. The molecule has 0 atom stereocenters. The standard InChI is InChI=1S/C20H26N6O2/c1-16-22-19-18(15-21-25(19)17-7-4-3-5-8-17)20(27)26(16)28-14-6-9-24-12-10-23(2)11-13-24/h3-5,7-8,15H,6,9-14H2,1-2H3. The number of likely N-dealkylation sites (N-methyl/N-ethyl adjacent to an activating group) is 1. The van der Waals surface area contributed by atoms with Crippen LogP contribution in [-0.2, 0) is 0 Å². The van der Waals surface area contributed by atoms with Crippen molar-refractivity contribution in [3.05, 3.63) is 52.7 Å². The first-order valence-electron chi connectivity index (χ1n) is 9.70. The van der Waals surface area contributed by atoms with Gasteiger partial charge >= 0.3 is 0 Å². The van der Waals surface area contributed by atoms with Crippen LogP contribution in [0.15, 0.2) is 41.3 Å². The molecule has 8 heteroatoms. The molecule has 0 saturated carbocycles. The second-order valence-corrected chi connectivity index (χ2v) is 7.22. The largest absolute Gasteiger partial charge is 0.409 e. The first kappa shape index (κ1) is 18.6. The van der Waals surface area contributed by atoms with Gasteiger partial charge in [-0.15, -0.1) is 4.73 Å². The molecule has 0 spiro atoms. The highest BCUT2D eigenvalue weighted by Gasteiger charge is 2.16. The van der Waals surface area contributed by atoms with Gasteiger partial charge in [-0.3, -0.25) is 4.79 Å². The number of hydrogen-bond donors (Lipinski definition) is 0. The molecular weight excluding hydrogens is 356 g/mol. The number of rotatable bonds is 6. The maximum atomic E-state index is 12.9. The van der Waals surface area contributed by atoms with Gasteiger partial charge in [-0.25, -0.2) is 9.67 Å². The molecule has 1 aliphatic rings. The van der Waals surface area contributed by atoms with Crippen molar-refractivity contribution in [3.8, 4) is 5.69 Å². The average Bonchev–Trinajstić information content (AvgIpc) is 3.13. The van der Waals surface area contributed by atoms with Crippen LogP contribution >= 0.6 is 0 Å². The van der Waals surface area contributed by atoms with Crippen molar-refractivity contribution in [1.29, 1.82) is 0 Å². The van der Waals surface area contributed by atoms with Crippen LogP contribution in [0.1, 0.15) is 12.2 Å². The van der Waals surface area contributed by atoms with Gasteiger partial charge in [0.05, 0.1) is 11.9 Å². The molecule has 0 bridgehead atoms. The van der Waals surface area contributed by atoms with E-state index in [0.29, 0.717) is 23.5 Å². The van der Waals surface area contributed by atoms with Crippen molar-refractivity contribution in [2.24, 2.45) is 0 Å². The molecule has 0 radical (unpaired) electrons. The Balaban J connectivity index is 1.46. The fraction of sp³-hybridized carbons (Fsp3) is 0.450. The minimum atomic E-state index is -0.218. The second-order valence-electron chi connectivity index (χ2n) is 7.22. The van der Waals surface area contributed by atoms with Crippen LogP contribution < -0.4 is 10.4 Å². The number of nitrogens with zero attached hydrogens (tertiary/aromatic N) is 6. The number of aromatic nitrogens is 4. The number of benzene rings is 1. The van der Waals surface area contributed by atoms with Crippen molar-refractivity contribution < 1.29 is 4.84 Å². The lowest BCUT2D eigenvalue weighted by atomic mass is 10.3. The summed E-state index contributed by atoms with van der Waals surface area (Å²) in [6, 6.07) is 9.67. The Bertz CT molecular complexity index is 989. The van der Waals surface area contributed by atoms with Gasteiger partial charge in [0, 0.05) is 32.7 Å². The fourth-order valence-corrected chi connectivity index (χ4v) is 3.48. The van der Waals surface area contributed by atoms with Gasteiger partial charge in [-0.05, 0) is 32.5 Å². The summed E-state index contributed by atoms with van der Waals surface area (Å²) in [5, 5.41) is 4.80. The van der Waals surface area contributed by atoms with E-state index >= 15 is 0 Å². The van der Waals surface area contributed by atoms with E-state index in [1.54, 1.807) is 17.8 Å². The van der Waals surface area contributed by atoms with E-state index in [1.807, 2.05) is 30.3 Å². The lowest BCUT2D eigenvalue weighted by Gasteiger charge is -2.32. The smallest absolute Gasteiger partial charge is 0.297 e. The van der Waals surface area contributed by atoms with Crippen LogP contribution in [0.25, 0.3) is 16.7 Å². The van der Waals surface area contributed by atoms with Gasteiger partial charge in [0.1, 0.15) is 17.8 Å². The predicted octanol–water partition coefficient (Wildman–Crippen LogP) is 0.957. The summed E-state index contributed by atoms with van der Waals surface area (Å²) < 4.78 is 2.98. The summed E-state index contributed by atoms with van der Waals surface area (Å²) in [6.45, 7) is 7.61. The molecule has 8 nitrogen and oxygen atoms in total. The molecule has 3 aromatic rings. The summed E-state index contributed by atoms with van der Waals surface area (Å²) in [5.41, 5.74) is 1.20. The number of aryl methyl sites for hydroxylation is 1. The van der Waals surface area contributed by atoms with Crippen LogP contribution in [0, 0.1) is 6.92 Å². The Labute approximate surface area is 163 Å². The van der Waals surface area contributed by atoms with Gasteiger partial charge in [0.15, 0.2) is 5.65 Å². The molecule has 1 aliphatic heterocycles. The minimum Gasteiger partial charge on any atom is -0.409 e. The first-order chi connectivity index (χ1) is 13.6. The monoisotopic (exact) mass is 382 g/mol. The Morgan fingerprint density at radius 3 is 2.61 bits per heavy atom. The van der Waals surface area contributed by atoms with Crippen LogP contribution in [-0.4, -0.2) is 75.7 Å². The van der Waals surface area contributed by atoms with Gasteiger partial charge in [-0.1, -0.05) is 18.2 Å². The van der Waals surface area contributed by atoms with Crippen LogP contribution in [0.2, 0.25) is 0 Å². The van der Waals surface area contributed by atoms with E-state index in [9.17, 15) is 4.79 Å². The molecule has 2 aromatic heterocycles. The lowest BCUT2D eigenvalue weighted by Crippen LogP contribution is -2.45. The molecular formula is C20H26N6O2. The number of hydrogen-bond acceptors (Lipinski definition) is 6. The Morgan fingerprint density at radius 2 is 1.86 bits per heavy atom. The zero-order chi connectivity index (χ0) is 19.5. The van der Waals surface area contributed by atoms with Gasteiger partial charge in [0.2, 0.25) is 0 Å². The quantitative estimate of drug-likeness (QED) is 0.592. The Morgan fingerprint density at radius 1 is 1.11 bits per heavy atom. The highest BCUT2D eigenvalue weighted by Crippen LogP contribution is 2.13. The van der Waals surface area contributed by atoms with Gasteiger partial charge in [-0.2, -0.15) is 5.10 Å². The van der Waals surface area contributed by atoms with Crippen molar-refractivity contribution in [2.75, 3.05) is 46.4 Å². The second kappa shape index (κ2) is 8.12.